The first-order valence-electron chi connectivity index (χ1n) is 12.8. The molecule has 0 saturated carbocycles. The molecule has 1 aliphatic rings. The van der Waals surface area contributed by atoms with Gasteiger partial charge in [0.25, 0.3) is 5.91 Å². The summed E-state index contributed by atoms with van der Waals surface area (Å²) < 4.78 is 0. The summed E-state index contributed by atoms with van der Waals surface area (Å²) in [6.07, 6.45) is 1.84. The molecule has 1 amide bonds. The summed E-state index contributed by atoms with van der Waals surface area (Å²) in [6, 6.07) is 39.5. The van der Waals surface area contributed by atoms with Crippen LogP contribution in [-0.2, 0) is 4.79 Å². The van der Waals surface area contributed by atoms with Gasteiger partial charge >= 0.3 is 0 Å². The van der Waals surface area contributed by atoms with Crippen molar-refractivity contribution in [3.63, 3.8) is 0 Å². The zero-order valence-electron chi connectivity index (χ0n) is 21.0. The number of carbonyl (C=O) groups excluding carboxylic acids is 1. The molecule has 5 nitrogen and oxygen atoms in total. The topological polar surface area (TPSA) is 65.2 Å². The number of nitrogens with one attached hydrogen (secondary N) is 4. The number of anilines is 1. The van der Waals surface area contributed by atoms with E-state index in [2.05, 4.69) is 106 Å². The fourth-order valence-electron chi connectivity index (χ4n) is 4.72. The number of hydrogen-bond donors (Lipinski definition) is 4. The van der Waals surface area contributed by atoms with Crippen LogP contribution in [-0.4, -0.2) is 23.6 Å². The molecule has 0 aliphatic carbocycles. The minimum absolute atomic E-state index is 0.103. The smallest absolute Gasteiger partial charge is 0.255 e. The van der Waals surface area contributed by atoms with Crippen LogP contribution in [0.3, 0.4) is 0 Å². The van der Waals surface area contributed by atoms with Crippen molar-refractivity contribution in [3.05, 3.63) is 138 Å². The second-order valence-electron chi connectivity index (χ2n) is 9.14. The predicted octanol–water partition coefficient (Wildman–Crippen LogP) is 5.76. The lowest BCUT2D eigenvalue weighted by Crippen LogP contribution is -2.50. The maximum Gasteiger partial charge on any atom is 0.255 e. The molecule has 4 aromatic rings. The molecule has 6 heteroatoms. The molecule has 1 heterocycles. The summed E-state index contributed by atoms with van der Waals surface area (Å²) in [6.45, 7) is 0.864. The monoisotopic (exact) mass is 518 g/mol. The minimum Gasteiger partial charge on any atom is -0.331 e. The normalized spacial score (nSPS) is 14.4. The Kier molecular flexibility index (Phi) is 8.23. The van der Waals surface area contributed by atoms with E-state index >= 15 is 0 Å². The van der Waals surface area contributed by atoms with Gasteiger partial charge in [0.2, 0.25) is 0 Å². The maximum absolute atomic E-state index is 12.2. The van der Waals surface area contributed by atoms with Crippen molar-refractivity contribution in [2.45, 2.75) is 18.9 Å². The van der Waals surface area contributed by atoms with Gasteiger partial charge in [-0.2, -0.15) is 0 Å². The second-order valence-corrected chi connectivity index (χ2v) is 9.55. The third-order valence-electron chi connectivity index (χ3n) is 6.54. The van der Waals surface area contributed by atoms with Crippen LogP contribution >= 0.6 is 12.2 Å². The summed E-state index contributed by atoms with van der Waals surface area (Å²) >= 11 is 5.39. The molecular formula is C32H30N4OS. The largest absolute Gasteiger partial charge is 0.331 e. The van der Waals surface area contributed by atoms with E-state index in [-0.39, 0.29) is 11.9 Å². The third kappa shape index (κ3) is 6.17. The van der Waals surface area contributed by atoms with E-state index in [1.54, 1.807) is 0 Å². The summed E-state index contributed by atoms with van der Waals surface area (Å²) in [4.78, 5) is 12.2. The fraction of sp³-hybridized carbons (Fsp3) is 0.125. The fourth-order valence-corrected chi connectivity index (χ4v) is 4.89. The van der Waals surface area contributed by atoms with E-state index < -0.39 is 0 Å². The van der Waals surface area contributed by atoms with E-state index in [0.29, 0.717) is 5.11 Å². The number of rotatable bonds is 6. The van der Waals surface area contributed by atoms with E-state index in [1.807, 2.05) is 30.3 Å². The molecule has 190 valence electrons. The molecule has 38 heavy (non-hydrogen) atoms. The van der Waals surface area contributed by atoms with Gasteiger partial charge in [-0.15, -0.1) is 0 Å². The Morgan fingerprint density at radius 2 is 1.13 bits per heavy atom. The van der Waals surface area contributed by atoms with Crippen molar-refractivity contribution in [1.29, 1.82) is 0 Å². The van der Waals surface area contributed by atoms with Crippen LogP contribution in [0.25, 0.3) is 11.1 Å². The molecule has 0 unspecified atom stereocenters. The maximum atomic E-state index is 12.2. The van der Waals surface area contributed by atoms with Gasteiger partial charge in [-0.1, -0.05) is 103 Å². The Labute approximate surface area is 229 Å². The Morgan fingerprint density at radius 1 is 0.658 bits per heavy atom. The molecule has 4 aromatic carbocycles. The summed E-state index contributed by atoms with van der Waals surface area (Å²) in [5.41, 5.74) is 13.1. The number of amides is 1. The van der Waals surface area contributed by atoms with Gasteiger partial charge in [-0.05, 0) is 77.1 Å². The van der Waals surface area contributed by atoms with Gasteiger partial charge in [0.05, 0.1) is 6.04 Å². The van der Waals surface area contributed by atoms with Gasteiger partial charge in [-0.25, -0.2) is 0 Å². The van der Waals surface area contributed by atoms with E-state index in [4.69, 9.17) is 12.2 Å². The molecule has 1 saturated heterocycles. The van der Waals surface area contributed by atoms with Crippen molar-refractivity contribution < 1.29 is 4.79 Å². The van der Waals surface area contributed by atoms with Gasteiger partial charge in [0, 0.05) is 5.69 Å². The lowest BCUT2D eigenvalue weighted by Gasteiger charge is -2.19. The van der Waals surface area contributed by atoms with Crippen LogP contribution in [0, 0.1) is 0 Å². The summed E-state index contributed by atoms with van der Waals surface area (Å²) in [5, 5.41) is 6.66. The lowest BCUT2D eigenvalue weighted by atomic mass is 9.86. The molecule has 0 bridgehead atoms. The quantitative estimate of drug-likeness (QED) is 0.148. The van der Waals surface area contributed by atoms with E-state index in [9.17, 15) is 4.79 Å². The van der Waals surface area contributed by atoms with E-state index in [0.717, 1.165) is 52.9 Å². The Hall–Kier alpha value is -4.26. The average molecular weight is 519 g/mol. The molecule has 0 spiro atoms. The minimum atomic E-state index is -0.170. The van der Waals surface area contributed by atoms with Gasteiger partial charge < -0.3 is 10.6 Å². The van der Waals surface area contributed by atoms with Gasteiger partial charge in [-0.3, -0.25) is 15.6 Å². The zero-order chi connectivity index (χ0) is 26.2. The second kappa shape index (κ2) is 12.3. The van der Waals surface area contributed by atoms with Crippen LogP contribution in [0.4, 0.5) is 5.69 Å². The van der Waals surface area contributed by atoms with Gasteiger partial charge in [0.1, 0.15) is 0 Å². The van der Waals surface area contributed by atoms with Gasteiger partial charge in [0.15, 0.2) is 5.11 Å². The number of carbonyl (C=O) groups is 1. The first-order valence-corrected chi connectivity index (χ1v) is 13.2. The zero-order valence-corrected chi connectivity index (χ0v) is 21.8. The highest BCUT2D eigenvalue weighted by Crippen LogP contribution is 2.37. The summed E-state index contributed by atoms with van der Waals surface area (Å²) in [5.74, 6) is -0.103. The number of hydrazine groups is 1. The molecule has 1 fully saturated rings. The van der Waals surface area contributed by atoms with Crippen molar-refractivity contribution >= 4 is 40.1 Å². The molecule has 1 atom stereocenters. The number of hydrogen-bond acceptors (Lipinski definition) is 3. The van der Waals surface area contributed by atoms with Crippen molar-refractivity contribution in [1.82, 2.24) is 16.2 Å². The number of thiocarbonyl (C=S) groups is 1. The highest BCUT2D eigenvalue weighted by molar-refractivity contribution is 7.80. The van der Waals surface area contributed by atoms with Crippen LogP contribution in [0.5, 0.6) is 0 Å². The van der Waals surface area contributed by atoms with Crippen molar-refractivity contribution in [2.24, 2.45) is 0 Å². The average Bonchev–Trinajstić information content (AvgIpc) is 3.52. The Bertz CT molecular complexity index is 1360. The predicted molar refractivity (Wildman–Crippen MR) is 159 cm³/mol. The van der Waals surface area contributed by atoms with Crippen LogP contribution in [0.1, 0.15) is 35.1 Å². The Balaban J connectivity index is 1.44. The molecule has 1 aliphatic heterocycles. The summed E-state index contributed by atoms with van der Waals surface area (Å²) in [7, 11) is 0. The SMILES string of the molecule is O=C(NNC(=S)Nc1ccc(C(=C(c2ccccc2)c2ccccc2)c2ccccc2)cc1)[C@@H]1CCCN1. The first-order chi connectivity index (χ1) is 18.7. The van der Waals surface area contributed by atoms with Crippen LogP contribution in [0.2, 0.25) is 0 Å². The molecule has 0 aromatic heterocycles. The van der Waals surface area contributed by atoms with Crippen molar-refractivity contribution in [3.8, 4) is 0 Å². The van der Waals surface area contributed by atoms with Crippen molar-refractivity contribution in [2.75, 3.05) is 11.9 Å². The lowest BCUT2D eigenvalue weighted by molar-refractivity contribution is -0.123. The van der Waals surface area contributed by atoms with Crippen LogP contribution in [0.15, 0.2) is 115 Å². The highest BCUT2D eigenvalue weighted by atomic mass is 32.1. The molecule has 4 N–H and O–H groups in total. The molecule has 0 radical (unpaired) electrons. The molecular weight excluding hydrogens is 488 g/mol. The number of benzene rings is 4. The highest BCUT2D eigenvalue weighted by Gasteiger charge is 2.22. The molecule has 5 rings (SSSR count). The first kappa shape index (κ1) is 25.4. The third-order valence-corrected chi connectivity index (χ3v) is 6.75. The Morgan fingerprint density at radius 3 is 1.58 bits per heavy atom. The standard InChI is InChI=1S/C32H30N4OS/c37-31(28-17-10-22-33-28)35-36-32(38)34-27-20-18-26(19-21-27)30(25-15-8-3-9-16-25)29(23-11-4-1-5-12-23)24-13-6-2-7-14-24/h1-9,11-16,18-21,28,33H,10,17,22H2,(H,35,37)(H2,34,36,38)/t28-/m0/s1. The van der Waals surface area contributed by atoms with Crippen LogP contribution < -0.4 is 21.5 Å². The van der Waals surface area contributed by atoms with E-state index in [1.165, 1.54) is 5.57 Å².